The van der Waals surface area contributed by atoms with E-state index in [0.717, 1.165) is 11.3 Å². The average Bonchev–Trinajstić information content (AvgIpc) is 2.74. The van der Waals surface area contributed by atoms with E-state index in [-0.39, 0.29) is 5.41 Å². The smallest absolute Gasteiger partial charge is 0.0705 e. The van der Waals surface area contributed by atoms with Crippen LogP contribution in [0.1, 0.15) is 26.3 Å². The number of rotatable bonds is 3. The van der Waals surface area contributed by atoms with E-state index in [2.05, 4.69) is 117 Å². The van der Waals surface area contributed by atoms with E-state index in [1.54, 1.807) is 0 Å². The van der Waals surface area contributed by atoms with Crippen LogP contribution in [0.4, 0.5) is 0 Å². The van der Waals surface area contributed by atoms with Crippen molar-refractivity contribution in [2.45, 2.75) is 26.2 Å². The van der Waals surface area contributed by atoms with Crippen LogP contribution in [0.15, 0.2) is 97.2 Å². The molecule has 0 aliphatic rings. The Kier molecular flexibility index (Phi) is 4.83. The van der Waals surface area contributed by atoms with Gasteiger partial charge in [0.25, 0.3) is 0 Å². The number of hydrogen-bond donors (Lipinski definition) is 0. The van der Waals surface area contributed by atoms with Gasteiger partial charge in [0.15, 0.2) is 0 Å². The van der Waals surface area contributed by atoms with Crippen molar-refractivity contribution in [2.24, 2.45) is 0 Å². The van der Waals surface area contributed by atoms with Crippen molar-refractivity contribution in [2.75, 3.05) is 0 Å². The molecule has 1 aromatic heterocycles. The quantitative estimate of drug-likeness (QED) is 0.370. The molecule has 4 aromatic rings. The molecule has 3 aromatic carbocycles. The number of hydrogen-bond acceptors (Lipinski definition) is 1. The minimum atomic E-state index is 0.101. The summed E-state index contributed by atoms with van der Waals surface area (Å²) in [5.41, 5.74) is 8.47. The van der Waals surface area contributed by atoms with Crippen LogP contribution in [0, 0.1) is 0 Å². The average molecular weight is 364 g/mol. The summed E-state index contributed by atoms with van der Waals surface area (Å²) in [4.78, 5) is 4.66. The van der Waals surface area contributed by atoms with Crippen LogP contribution in [0.2, 0.25) is 0 Å². The third-order valence-corrected chi connectivity index (χ3v) is 5.11. The SMILES string of the molecule is CC(C)(C)c1ccnc(-c2ccc(-c3ccccc3)c(-c3ccccc3)c2)c1. The lowest BCUT2D eigenvalue weighted by molar-refractivity contribution is 0.589. The minimum absolute atomic E-state index is 0.101. The molecule has 28 heavy (non-hydrogen) atoms. The molecule has 0 radical (unpaired) electrons. The van der Waals surface area contributed by atoms with Crippen molar-refractivity contribution in [3.05, 3.63) is 103 Å². The predicted octanol–water partition coefficient (Wildman–Crippen LogP) is 7.38. The van der Waals surface area contributed by atoms with Gasteiger partial charge in [-0.2, -0.15) is 0 Å². The van der Waals surface area contributed by atoms with Crippen LogP contribution in [-0.4, -0.2) is 4.98 Å². The molecule has 4 rings (SSSR count). The van der Waals surface area contributed by atoms with E-state index in [9.17, 15) is 0 Å². The highest BCUT2D eigenvalue weighted by atomic mass is 14.7. The zero-order valence-corrected chi connectivity index (χ0v) is 16.7. The Morgan fingerprint density at radius 1 is 0.571 bits per heavy atom. The molecular formula is C27H25N. The van der Waals surface area contributed by atoms with Crippen LogP contribution in [-0.2, 0) is 5.41 Å². The van der Waals surface area contributed by atoms with Gasteiger partial charge in [0.2, 0.25) is 0 Å². The Morgan fingerprint density at radius 2 is 1.18 bits per heavy atom. The first kappa shape index (κ1) is 18.2. The van der Waals surface area contributed by atoms with Gasteiger partial charge in [-0.25, -0.2) is 0 Å². The summed E-state index contributed by atoms with van der Waals surface area (Å²) in [6.07, 6.45) is 1.92. The van der Waals surface area contributed by atoms with E-state index in [0.29, 0.717) is 0 Å². The first-order valence-electron chi connectivity index (χ1n) is 9.74. The molecule has 0 saturated heterocycles. The van der Waals surface area contributed by atoms with Crippen LogP contribution >= 0.6 is 0 Å². The maximum absolute atomic E-state index is 4.66. The zero-order valence-electron chi connectivity index (χ0n) is 16.7. The Bertz CT molecular complexity index is 1070. The molecule has 0 aliphatic heterocycles. The number of nitrogens with zero attached hydrogens (tertiary/aromatic N) is 1. The van der Waals surface area contributed by atoms with E-state index in [1.807, 2.05) is 6.20 Å². The molecule has 0 aliphatic carbocycles. The summed E-state index contributed by atoms with van der Waals surface area (Å²) in [7, 11) is 0. The molecule has 1 nitrogen and oxygen atoms in total. The largest absolute Gasteiger partial charge is 0.256 e. The molecule has 0 bridgehead atoms. The summed E-state index contributed by atoms with van der Waals surface area (Å²) in [6, 6.07) is 32.2. The molecule has 0 fully saturated rings. The van der Waals surface area contributed by atoms with Gasteiger partial charge in [0.05, 0.1) is 5.69 Å². The molecular weight excluding hydrogens is 338 g/mol. The Balaban J connectivity index is 1.88. The monoisotopic (exact) mass is 363 g/mol. The van der Waals surface area contributed by atoms with E-state index in [1.165, 1.54) is 27.8 Å². The lowest BCUT2D eigenvalue weighted by Crippen LogP contribution is -2.11. The van der Waals surface area contributed by atoms with Gasteiger partial charge in [-0.3, -0.25) is 4.98 Å². The third kappa shape index (κ3) is 3.75. The van der Waals surface area contributed by atoms with Crippen LogP contribution in [0.25, 0.3) is 33.5 Å². The molecule has 0 saturated carbocycles. The third-order valence-electron chi connectivity index (χ3n) is 5.11. The molecule has 1 heteroatoms. The lowest BCUT2D eigenvalue weighted by Gasteiger charge is -2.19. The summed E-state index contributed by atoms with van der Waals surface area (Å²) < 4.78 is 0. The highest BCUT2D eigenvalue weighted by molar-refractivity contribution is 5.86. The molecule has 1 heterocycles. The second-order valence-corrected chi connectivity index (χ2v) is 8.17. The Morgan fingerprint density at radius 3 is 1.79 bits per heavy atom. The number of pyridine rings is 1. The fourth-order valence-corrected chi connectivity index (χ4v) is 3.48. The fourth-order valence-electron chi connectivity index (χ4n) is 3.48. The highest BCUT2D eigenvalue weighted by Crippen LogP contribution is 2.36. The fraction of sp³-hybridized carbons (Fsp3) is 0.148. The first-order valence-corrected chi connectivity index (χ1v) is 9.74. The molecule has 0 amide bonds. The number of aromatic nitrogens is 1. The van der Waals surface area contributed by atoms with Crippen molar-refractivity contribution < 1.29 is 0 Å². The van der Waals surface area contributed by atoms with Crippen molar-refractivity contribution in [3.63, 3.8) is 0 Å². The van der Waals surface area contributed by atoms with Crippen LogP contribution in [0.5, 0.6) is 0 Å². The van der Waals surface area contributed by atoms with Crippen LogP contribution < -0.4 is 0 Å². The molecule has 0 spiro atoms. The second-order valence-electron chi connectivity index (χ2n) is 8.17. The number of benzene rings is 3. The minimum Gasteiger partial charge on any atom is -0.256 e. The standard InChI is InChI=1S/C27H25N/c1-27(2,3)23-16-17-28-26(19-23)22-14-15-24(20-10-6-4-7-11-20)25(18-22)21-12-8-5-9-13-21/h4-19H,1-3H3. The topological polar surface area (TPSA) is 12.9 Å². The molecule has 0 N–H and O–H groups in total. The Hall–Kier alpha value is -3.19. The van der Waals surface area contributed by atoms with E-state index in [4.69, 9.17) is 0 Å². The summed E-state index contributed by atoms with van der Waals surface area (Å²) in [5, 5.41) is 0. The maximum Gasteiger partial charge on any atom is 0.0705 e. The highest BCUT2D eigenvalue weighted by Gasteiger charge is 2.15. The van der Waals surface area contributed by atoms with Gasteiger partial charge in [0.1, 0.15) is 0 Å². The van der Waals surface area contributed by atoms with Crippen molar-refractivity contribution in [1.29, 1.82) is 0 Å². The van der Waals surface area contributed by atoms with Gasteiger partial charge in [-0.15, -0.1) is 0 Å². The van der Waals surface area contributed by atoms with Crippen LogP contribution in [0.3, 0.4) is 0 Å². The van der Waals surface area contributed by atoms with E-state index < -0.39 is 0 Å². The van der Waals surface area contributed by atoms with Gasteiger partial charge in [-0.1, -0.05) is 93.6 Å². The summed E-state index contributed by atoms with van der Waals surface area (Å²) in [5.74, 6) is 0. The molecule has 0 unspecified atom stereocenters. The lowest BCUT2D eigenvalue weighted by atomic mass is 9.86. The predicted molar refractivity (Wildman–Crippen MR) is 119 cm³/mol. The molecule has 138 valence electrons. The van der Waals surface area contributed by atoms with Crippen molar-refractivity contribution in [3.8, 4) is 33.5 Å². The maximum atomic E-state index is 4.66. The first-order chi connectivity index (χ1) is 13.5. The van der Waals surface area contributed by atoms with Gasteiger partial charge < -0.3 is 0 Å². The second kappa shape index (κ2) is 7.44. The van der Waals surface area contributed by atoms with Crippen molar-refractivity contribution >= 4 is 0 Å². The summed E-state index contributed by atoms with van der Waals surface area (Å²) >= 11 is 0. The zero-order chi connectivity index (χ0) is 19.6. The van der Waals surface area contributed by atoms with E-state index >= 15 is 0 Å². The summed E-state index contributed by atoms with van der Waals surface area (Å²) in [6.45, 7) is 6.71. The van der Waals surface area contributed by atoms with Crippen molar-refractivity contribution in [1.82, 2.24) is 4.98 Å². The normalized spacial score (nSPS) is 11.4. The van der Waals surface area contributed by atoms with Gasteiger partial charge >= 0.3 is 0 Å². The molecule has 0 atom stereocenters. The van der Waals surface area contributed by atoms with Gasteiger partial charge in [0, 0.05) is 11.8 Å². The van der Waals surface area contributed by atoms with Gasteiger partial charge in [-0.05, 0) is 51.4 Å². The Labute approximate surface area is 167 Å².